The molecule has 0 amide bonds. The van der Waals surface area contributed by atoms with Crippen LogP contribution in [-0.2, 0) is 6.42 Å². The Balaban J connectivity index is 2.17. The molecule has 1 N–H and O–H groups in total. The monoisotopic (exact) mass is 235 g/mol. The van der Waals surface area contributed by atoms with Crippen molar-refractivity contribution in [3.8, 4) is 5.75 Å². The third-order valence-corrected chi connectivity index (χ3v) is 3.00. The summed E-state index contributed by atoms with van der Waals surface area (Å²) in [7, 11) is 0. The van der Waals surface area contributed by atoms with Crippen LogP contribution in [0.15, 0.2) is 24.3 Å². The average molecular weight is 235 g/mol. The Labute approximate surface area is 105 Å². The summed E-state index contributed by atoms with van der Waals surface area (Å²) in [6, 6.07) is 8.96. The molecule has 0 heterocycles. The van der Waals surface area contributed by atoms with Gasteiger partial charge in [-0.15, -0.1) is 0 Å². The van der Waals surface area contributed by atoms with E-state index < -0.39 is 0 Å². The van der Waals surface area contributed by atoms with E-state index in [1.54, 1.807) is 0 Å². The van der Waals surface area contributed by atoms with Crippen molar-refractivity contribution in [1.82, 2.24) is 5.32 Å². The minimum atomic E-state index is 0.610. The zero-order valence-corrected chi connectivity index (χ0v) is 11.3. The molecule has 0 saturated carbocycles. The topological polar surface area (TPSA) is 21.3 Å². The number of ether oxygens (including phenoxy) is 1. The fraction of sp³-hybridized carbons (Fsp3) is 0.600. The second kappa shape index (κ2) is 8.13. The van der Waals surface area contributed by atoms with Crippen LogP contribution >= 0.6 is 0 Å². The number of aryl methyl sites for hydroxylation is 1. The van der Waals surface area contributed by atoms with Crippen molar-refractivity contribution in [2.75, 3.05) is 13.2 Å². The lowest BCUT2D eigenvalue weighted by molar-refractivity contribution is 0.305. The zero-order chi connectivity index (χ0) is 12.5. The Bertz CT molecular complexity index is 312. The molecule has 0 aromatic heterocycles. The highest BCUT2D eigenvalue weighted by Crippen LogP contribution is 2.13. The molecule has 0 saturated heterocycles. The maximum absolute atomic E-state index is 5.72. The van der Waals surface area contributed by atoms with Crippen LogP contribution in [0, 0.1) is 0 Å². The lowest BCUT2D eigenvalue weighted by Gasteiger charge is -2.11. The van der Waals surface area contributed by atoms with Crippen molar-refractivity contribution in [3.05, 3.63) is 29.8 Å². The summed E-state index contributed by atoms with van der Waals surface area (Å²) in [5.74, 6) is 0.993. The highest BCUT2D eigenvalue weighted by Gasteiger charge is 1.98. The predicted molar refractivity (Wildman–Crippen MR) is 73.7 cm³/mol. The van der Waals surface area contributed by atoms with E-state index in [0.717, 1.165) is 31.7 Å². The standard InChI is InChI=1S/C15H25NO/c1-4-13(3)16-10-7-11-17-15-9-6-8-14(5-2)12-15/h6,8-9,12-13,16H,4-5,7,10-11H2,1-3H3/t13-/m1/s1. The maximum Gasteiger partial charge on any atom is 0.119 e. The van der Waals surface area contributed by atoms with Crippen LogP contribution < -0.4 is 10.1 Å². The minimum absolute atomic E-state index is 0.610. The molecule has 2 heteroatoms. The number of benzene rings is 1. The number of rotatable bonds is 8. The van der Waals surface area contributed by atoms with Crippen LogP contribution in [0.3, 0.4) is 0 Å². The highest BCUT2D eigenvalue weighted by atomic mass is 16.5. The van der Waals surface area contributed by atoms with Crippen LogP contribution in [0.5, 0.6) is 5.75 Å². The second-order valence-corrected chi connectivity index (χ2v) is 4.47. The van der Waals surface area contributed by atoms with E-state index in [9.17, 15) is 0 Å². The summed E-state index contributed by atoms with van der Waals surface area (Å²) >= 11 is 0. The molecule has 0 fully saturated rings. The molecule has 0 aliphatic carbocycles. The van der Waals surface area contributed by atoms with Crippen LogP contribution in [0.4, 0.5) is 0 Å². The normalized spacial score (nSPS) is 12.4. The summed E-state index contributed by atoms with van der Waals surface area (Å²) in [5.41, 5.74) is 1.33. The number of nitrogens with one attached hydrogen (secondary N) is 1. The molecule has 96 valence electrons. The van der Waals surface area contributed by atoms with Crippen molar-refractivity contribution in [3.63, 3.8) is 0 Å². The summed E-state index contributed by atoms with van der Waals surface area (Å²) < 4.78 is 5.72. The third kappa shape index (κ3) is 5.73. The van der Waals surface area contributed by atoms with Gasteiger partial charge in [-0.25, -0.2) is 0 Å². The molecule has 1 atom stereocenters. The van der Waals surface area contributed by atoms with Crippen LogP contribution in [0.25, 0.3) is 0 Å². The molecule has 1 aromatic rings. The highest BCUT2D eigenvalue weighted by molar-refractivity contribution is 5.28. The van der Waals surface area contributed by atoms with Crippen LogP contribution in [0.1, 0.15) is 39.2 Å². The van der Waals surface area contributed by atoms with Gasteiger partial charge in [-0.3, -0.25) is 0 Å². The fourth-order valence-corrected chi connectivity index (χ4v) is 1.61. The lowest BCUT2D eigenvalue weighted by atomic mass is 10.2. The van der Waals surface area contributed by atoms with E-state index in [-0.39, 0.29) is 0 Å². The third-order valence-electron chi connectivity index (χ3n) is 3.00. The fourth-order valence-electron chi connectivity index (χ4n) is 1.61. The predicted octanol–water partition coefficient (Wildman–Crippen LogP) is 3.41. The molecular formula is C15H25NO. The van der Waals surface area contributed by atoms with Crippen molar-refractivity contribution >= 4 is 0 Å². The van der Waals surface area contributed by atoms with Gasteiger partial charge in [-0.2, -0.15) is 0 Å². The van der Waals surface area contributed by atoms with E-state index in [1.807, 2.05) is 6.07 Å². The molecule has 0 spiro atoms. The maximum atomic E-state index is 5.72. The van der Waals surface area contributed by atoms with Crippen molar-refractivity contribution in [1.29, 1.82) is 0 Å². The largest absolute Gasteiger partial charge is 0.494 e. The first-order valence-corrected chi connectivity index (χ1v) is 6.71. The summed E-state index contributed by atoms with van der Waals surface area (Å²) in [5, 5.41) is 3.46. The van der Waals surface area contributed by atoms with E-state index in [1.165, 1.54) is 12.0 Å². The van der Waals surface area contributed by atoms with Gasteiger partial charge in [0.1, 0.15) is 5.75 Å². The Kier molecular flexibility index (Phi) is 6.71. The number of hydrogen-bond acceptors (Lipinski definition) is 2. The first kappa shape index (κ1) is 14.0. The van der Waals surface area contributed by atoms with Gasteiger partial charge < -0.3 is 10.1 Å². The average Bonchev–Trinajstić information content (AvgIpc) is 2.38. The molecule has 2 nitrogen and oxygen atoms in total. The molecule has 0 aliphatic heterocycles. The minimum Gasteiger partial charge on any atom is -0.494 e. The zero-order valence-electron chi connectivity index (χ0n) is 11.3. The Morgan fingerprint density at radius 3 is 2.82 bits per heavy atom. The van der Waals surface area contributed by atoms with E-state index in [2.05, 4.69) is 44.3 Å². The van der Waals surface area contributed by atoms with Gasteiger partial charge in [-0.05, 0) is 50.4 Å². The summed E-state index contributed by atoms with van der Waals surface area (Å²) in [4.78, 5) is 0. The smallest absolute Gasteiger partial charge is 0.119 e. The quantitative estimate of drug-likeness (QED) is 0.697. The van der Waals surface area contributed by atoms with Gasteiger partial charge in [-0.1, -0.05) is 26.0 Å². The van der Waals surface area contributed by atoms with Gasteiger partial charge in [0.15, 0.2) is 0 Å². The second-order valence-electron chi connectivity index (χ2n) is 4.47. The van der Waals surface area contributed by atoms with Gasteiger partial charge in [0, 0.05) is 6.04 Å². The Hall–Kier alpha value is -1.02. The molecule has 17 heavy (non-hydrogen) atoms. The Morgan fingerprint density at radius 1 is 1.29 bits per heavy atom. The number of hydrogen-bond donors (Lipinski definition) is 1. The van der Waals surface area contributed by atoms with Gasteiger partial charge in [0.25, 0.3) is 0 Å². The summed E-state index contributed by atoms with van der Waals surface area (Å²) in [6.45, 7) is 8.39. The molecular weight excluding hydrogens is 210 g/mol. The lowest BCUT2D eigenvalue weighted by Crippen LogP contribution is -2.27. The van der Waals surface area contributed by atoms with Crippen molar-refractivity contribution < 1.29 is 4.74 Å². The van der Waals surface area contributed by atoms with E-state index >= 15 is 0 Å². The van der Waals surface area contributed by atoms with Crippen molar-refractivity contribution in [2.24, 2.45) is 0 Å². The van der Waals surface area contributed by atoms with E-state index in [0.29, 0.717) is 6.04 Å². The van der Waals surface area contributed by atoms with Gasteiger partial charge in [0.05, 0.1) is 6.61 Å². The first-order valence-electron chi connectivity index (χ1n) is 6.71. The van der Waals surface area contributed by atoms with Crippen molar-refractivity contribution in [2.45, 2.75) is 46.1 Å². The molecule has 0 aliphatic rings. The Morgan fingerprint density at radius 2 is 2.12 bits per heavy atom. The van der Waals surface area contributed by atoms with Gasteiger partial charge in [0.2, 0.25) is 0 Å². The van der Waals surface area contributed by atoms with E-state index in [4.69, 9.17) is 4.74 Å². The molecule has 0 radical (unpaired) electrons. The molecule has 1 rings (SSSR count). The van der Waals surface area contributed by atoms with Gasteiger partial charge >= 0.3 is 0 Å². The summed E-state index contributed by atoms with van der Waals surface area (Å²) in [6.07, 6.45) is 3.30. The SMILES string of the molecule is CCc1cccc(OCCCN[C@H](C)CC)c1. The molecule has 1 aromatic carbocycles. The first-order chi connectivity index (χ1) is 8.26. The van der Waals surface area contributed by atoms with Crippen LogP contribution in [-0.4, -0.2) is 19.2 Å². The molecule has 0 bridgehead atoms. The van der Waals surface area contributed by atoms with Crippen LogP contribution in [0.2, 0.25) is 0 Å². The molecule has 0 unspecified atom stereocenters.